The molecule has 0 spiro atoms. The number of nitro groups is 1. The van der Waals surface area contributed by atoms with Crippen molar-refractivity contribution in [2.24, 2.45) is 5.92 Å². The summed E-state index contributed by atoms with van der Waals surface area (Å²) < 4.78 is 0. The Morgan fingerprint density at radius 3 is 2.81 bits per heavy atom. The first kappa shape index (κ1) is 12.4. The van der Waals surface area contributed by atoms with Gasteiger partial charge in [0.15, 0.2) is 6.20 Å². The molecule has 6 nitrogen and oxygen atoms in total. The van der Waals surface area contributed by atoms with Crippen molar-refractivity contribution in [3.05, 3.63) is 28.4 Å². The number of carboxylic acids is 1. The largest absolute Gasteiger partial charge is 0.481 e. The van der Waals surface area contributed by atoms with E-state index in [4.69, 9.17) is 5.11 Å². The lowest BCUT2D eigenvalue weighted by Crippen LogP contribution is -2.11. The molecule has 0 aliphatic heterocycles. The molecule has 1 heterocycles. The van der Waals surface area contributed by atoms with Gasteiger partial charge in [0.05, 0.1) is 10.8 Å². The summed E-state index contributed by atoms with van der Waals surface area (Å²) >= 11 is 1.31. The molecular weight excluding hydrogens is 232 g/mol. The molecule has 0 bridgehead atoms. The average Bonchev–Trinajstić information content (AvgIpc) is 2.26. The fourth-order valence-corrected chi connectivity index (χ4v) is 1.73. The van der Waals surface area contributed by atoms with Gasteiger partial charge < -0.3 is 15.2 Å². The van der Waals surface area contributed by atoms with Crippen molar-refractivity contribution >= 4 is 23.5 Å². The third kappa shape index (κ3) is 3.50. The molecule has 86 valence electrons. The minimum Gasteiger partial charge on any atom is -0.481 e. The van der Waals surface area contributed by atoms with Gasteiger partial charge >= 0.3 is 11.8 Å². The zero-order chi connectivity index (χ0) is 12.1. The minimum atomic E-state index is -0.859. The molecule has 1 atom stereocenters. The minimum absolute atomic E-state index is 0.212. The molecule has 1 aromatic heterocycles. The Morgan fingerprint density at radius 2 is 2.38 bits per heavy atom. The third-order valence-electron chi connectivity index (χ3n) is 1.83. The highest BCUT2D eigenvalue weighted by molar-refractivity contribution is 7.99. The highest BCUT2D eigenvalue weighted by Gasteiger charge is 2.12. The van der Waals surface area contributed by atoms with Crippen LogP contribution in [0.15, 0.2) is 23.2 Å². The fraction of sp³-hybridized carbons (Fsp3) is 0.333. The quantitative estimate of drug-likeness (QED) is 0.480. The number of hydrogen-bond acceptors (Lipinski definition) is 5. The van der Waals surface area contributed by atoms with E-state index in [9.17, 15) is 14.9 Å². The van der Waals surface area contributed by atoms with Crippen LogP contribution in [0, 0.1) is 16.0 Å². The number of aliphatic carboxylic acids is 1. The Hall–Kier alpha value is -1.63. The molecule has 0 saturated heterocycles. The van der Waals surface area contributed by atoms with E-state index in [1.165, 1.54) is 24.0 Å². The summed E-state index contributed by atoms with van der Waals surface area (Å²) in [5.74, 6) is -1.12. The molecule has 0 aliphatic rings. The van der Waals surface area contributed by atoms with E-state index in [2.05, 4.69) is 4.98 Å². The van der Waals surface area contributed by atoms with Crippen LogP contribution < -0.4 is 0 Å². The van der Waals surface area contributed by atoms with Gasteiger partial charge in [0.25, 0.3) is 0 Å². The molecule has 0 aromatic carbocycles. The first-order valence-corrected chi connectivity index (χ1v) is 5.45. The van der Waals surface area contributed by atoms with Gasteiger partial charge in [-0.05, 0) is 16.0 Å². The monoisotopic (exact) mass is 242 g/mol. The van der Waals surface area contributed by atoms with Crippen LogP contribution in [0.5, 0.6) is 0 Å². The number of thioether (sulfide) groups is 1. The number of nitrogens with zero attached hydrogens (tertiary/aromatic N) is 2. The van der Waals surface area contributed by atoms with Gasteiger partial charge in [0.2, 0.25) is 0 Å². The standard InChI is InChI=1S/C9H10N2O4S/c1-6(9(12)13)5-16-7-2-3-8(10-4-7)11(14)15/h2-4,6H,5H2,1H3,(H,12,13). The highest BCUT2D eigenvalue weighted by Crippen LogP contribution is 2.21. The van der Waals surface area contributed by atoms with Gasteiger partial charge in [-0.25, -0.2) is 0 Å². The third-order valence-corrected chi connectivity index (χ3v) is 3.07. The first-order chi connectivity index (χ1) is 7.50. The fourth-order valence-electron chi connectivity index (χ4n) is 0.858. The smallest absolute Gasteiger partial charge is 0.363 e. The Bertz CT molecular complexity index is 393. The molecular formula is C9H10N2O4S. The molecule has 0 radical (unpaired) electrons. The van der Waals surface area contributed by atoms with Gasteiger partial charge in [0, 0.05) is 11.8 Å². The second kappa shape index (κ2) is 5.45. The maximum Gasteiger partial charge on any atom is 0.363 e. The topological polar surface area (TPSA) is 93.3 Å². The van der Waals surface area contributed by atoms with Crippen molar-refractivity contribution in [3.63, 3.8) is 0 Å². The molecule has 1 unspecified atom stereocenters. The second-order valence-corrected chi connectivity index (χ2v) is 4.25. The molecule has 0 amide bonds. The Balaban J connectivity index is 2.56. The molecule has 0 aliphatic carbocycles. The number of carboxylic acid groups (broad SMARTS) is 1. The molecule has 16 heavy (non-hydrogen) atoms. The summed E-state index contributed by atoms with van der Waals surface area (Å²) in [6.07, 6.45) is 1.37. The van der Waals surface area contributed by atoms with E-state index < -0.39 is 16.8 Å². The Morgan fingerprint density at radius 1 is 1.69 bits per heavy atom. The van der Waals surface area contributed by atoms with E-state index in [0.717, 1.165) is 4.90 Å². The van der Waals surface area contributed by atoms with Crippen LogP contribution in [-0.4, -0.2) is 26.7 Å². The van der Waals surface area contributed by atoms with Crippen molar-refractivity contribution in [2.75, 3.05) is 5.75 Å². The highest BCUT2D eigenvalue weighted by atomic mass is 32.2. The summed E-state index contributed by atoms with van der Waals surface area (Å²) in [6.45, 7) is 1.61. The van der Waals surface area contributed by atoms with Crippen LogP contribution in [-0.2, 0) is 4.79 Å². The molecule has 1 aromatic rings. The van der Waals surface area contributed by atoms with Crippen LogP contribution >= 0.6 is 11.8 Å². The van der Waals surface area contributed by atoms with Crippen molar-refractivity contribution in [2.45, 2.75) is 11.8 Å². The Kier molecular flexibility index (Phi) is 4.24. The van der Waals surface area contributed by atoms with Crippen LogP contribution in [0.2, 0.25) is 0 Å². The van der Waals surface area contributed by atoms with Gasteiger partial charge in [-0.1, -0.05) is 6.92 Å². The van der Waals surface area contributed by atoms with Crippen molar-refractivity contribution in [1.82, 2.24) is 4.98 Å². The van der Waals surface area contributed by atoms with Gasteiger partial charge in [0.1, 0.15) is 0 Å². The summed E-state index contributed by atoms with van der Waals surface area (Å²) in [7, 11) is 0. The van der Waals surface area contributed by atoms with Crippen molar-refractivity contribution < 1.29 is 14.8 Å². The number of carbonyl (C=O) groups is 1. The average molecular weight is 242 g/mol. The van der Waals surface area contributed by atoms with Crippen LogP contribution in [0.4, 0.5) is 5.82 Å². The summed E-state index contributed by atoms with van der Waals surface area (Å²) in [4.78, 5) is 24.7. The van der Waals surface area contributed by atoms with Crippen LogP contribution in [0.3, 0.4) is 0 Å². The summed E-state index contributed by atoms with van der Waals surface area (Å²) in [5.41, 5.74) is 0. The molecule has 0 saturated carbocycles. The SMILES string of the molecule is CC(CSc1ccc([N+](=O)[O-])nc1)C(=O)O. The predicted molar refractivity (Wildman–Crippen MR) is 58.4 cm³/mol. The number of rotatable bonds is 5. The van der Waals surface area contributed by atoms with E-state index in [0.29, 0.717) is 5.75 Å². The number of aromatic nitrogens is 1. The van der Waals surface area contributed by atoms with Gasteiger partial charge in [-0.3, -0.25) is 4.79 Å². The maximum absolute atomic E-state index is 10.5. The molecule has 7 heteroatoms. The summed E-state index contributed by atoms with van der Waals surface area (Å²) in [6, 6.07) is 2.86. The number of hydrogen-bond donors (Lipinski definition) is 1. The first-order valence-electron chi connectivity index (χ1n) is 4.46. The lowest BCUT2D eigenvalue weighted by atomic mass is 10.2. The van der Waals surface area contributed by atoms with Crippen LogP contribution in [0.25, 0.3) is 0 Å². The van der Waals surface area contributed by atoms with Crippen LogP contribution in [0.1, 0.15) is 6.92 Å². The molecule has 1 N–H and O–H groups in total. The van der Waals surface area contributed by atoms with Crippen molar-refractivity contribution in [1.29, 1.82) is 0 Å². The zero-order valence-electron chi connectivity index (χ0n) is 8.49. The number of pyridine rings is 1. The van der Waals surface area contributed by atoms with Crippen molar-refractivity contribution in [3.8, 4) is 0 Å². The lowest BCUT2D eigenvalue weighted by Gasteiger charge is -2.03. The van der Waals surface area contributed by atoms with Gasteiger partial charge in [-0.15, -0.1) is 11.8 Å². The summed E-state index contributed by atoms with van der Waals surface area (Å²) in [5, 5.41) is 19.0. The molecule has 0 fully saturated rings. The van der Waals surface area contributed by atoms with E-state index in [1.54, 1.807) is 13.0 Å². The zero-order valence-corrected chi connectivity index (χ0v) is 9.31. The maximum atomic E-state index is 10.5. The normalized spacial score (nSPS) is 12.1. The second-order valence-electron chi connectivity index (χ2n) is 3.16. The van der Waals surface area contributed by atoms with Gasteiger partial charge in [-0.2, -0.15) is 0 Å². The lowest BCUT2D eigenvalue weighted by molar-refractivity contribution is -0.389. The van der Waals surface area contributed by atoms with E-state index in [-0.39, 0.29) is 5.82 Å². The van der Waals surface area contributed by atoms with E-state index >= 15 is 0 Å². The predicted octanol–water partition coefficient (Wildman–Crippen LogP) is 1.80. The Labute approximate surface area is 95.8 Å². The molecule has 1 rings (SSSR count). The van der Waals surface area contributed by atoms with E-state index in [1.807, 2.05) is 0 Å².